The molecular weight excluding hydrogens is 256 g/mol. The van der Waals surface area contributed by atoms with E-state index in [0.717, 1.165) is 5.56 Å². The summed E-state index contributed by atoms with van der Waals surface area (Å²) in [5.41, 5.74) is 1.82. The van der Waals surface area contributed by atoms with E-state index in [1.165, 1.54) is 0 Å². The minimum atomic E-state index is -0.816. The van der Waals surface area contributed by atoms with Crippen molar-refractivity contribution in [2.24, 2.45) is 0 Å². The van der Waals surface area contributed by atoms with Crippen LogP contribution in [0.15, 0.2) is 24.3 Å². The Morgan fingerprint density at radius 2 is 1.65 bits per heavy atom. The van der Waals surface area contributed by atoms with Crippen molar-refractivity contribution in [3.05, 3.63) is 35.4 Å². The van der Waals surface area contributed by atoms with Crippen LogP contribution in [0.1, 0.15) is 22.8 Å². The molecule has 1 aromatic carbocycles. The van der Waals surface area contributed by atoms with E-state index in [9.17, 15) is 9.59 Å². The molecule has 0 bridgehead atoms. The number of rotatable bonds is 3. The number of carboxylic acid groups (broad SMARTS) is 1. The maximum atomic E-state index is 12.3. The van der Waals surface area contributed by atoms with Gasteiger partial charge in [0.2, 0.25) is 0 Å². The highest BCUT2D eigenvalue weighted by Crippen LogP contribution is 2.11. The molecule has 1 aromatic rings. The van der Waals surface area contributed by atoms with Gasteiger partial charge in [-0.2, -0.15) is 0 Å². The van der Waals surface area contributed by atoms with Gasteiger partial charge >= 0.3 is 5.97 Å². The summed E-state index contributed by atoms with van der Waals surface area (Å²) in [7, 11) is 0. The maximum absolute atomic E-state index is 12.3. The average molecular weight is 276 g/mol. The summed E-state index contributed by atoms with van der Waals surface area (Å²) in [6, 6.07) is 7.03. The molecule has 5 nitrogen and oxygen atoms in total. The number of aryl methyl sites for hydroxylation is 1. The number of carbonyl (C=O) groups is 2. The van der Waals surface area contributed by atoms with Gasteiger partial charge in [0.15, 0.2) is 0 Å². The average Bonchev–Trinajstić information content (AvgIpc) is 2.46. The quantitative estimate of drug-likeness (QED) is 0.902. The highest BCUT2D eigenvalue weighted by atomic mass is 16.4. The van der Waals surface area contributed by atoms with Crippen molar-refractivity contribution < 1.29 is 14.7 Å². The first-order valence-electron chi connectivity index (χ1n) is 6.82. The fourth-order valence-corrected chi connectivity index (χ4v) is 2.35. The van der Waals surface area contributed by atoms with Crippen molar-refractivity contribution in [1.82, 2.24) is 9.80 Å². The van der Waals surface area contributed by atoms with Gasteiger partial charge < -0.3 is 10.0 Å². The van der Waals surface area contributed by atoms with Gasteiger partial charge in [-0.25, -0.2) is 0 Å². The lowest BCUT2D eigenvalue weighted by Crippen LogP contribution is -2.53. The zero-order valence-electron chi connectivity index (χ0n) is 11.9. The third kappa shape index (κ3) is 3.17. The van der Waals surface area contributed by atoms with E-state index < -0.39 is 12.0 Å². The molecule has 5 heteroatoms. The lowest BCUT2D eigenvalue weighted by atomic mass is 10.1. The monoisotopic (exact) mass is 276 g/mol. The summed E-state index contributed by atoms with van der Waals surface area (Å²) < 4.78 is 0. The number of hydrogen-bond donors (Lipinski definition) is 1. The summed E-state index contributed by atoms with van der Waals surface area (Å²) >= 11 is 0. The second-order valence-corrected chi connectivity index (χ2v) is 5.21. The lowest BCUT2D eigenvalue weighted by Gasteiger charge is -2.36. The first-order valence-corrected chi connectivity index (χ1v) is 6.82. The van der Waals surface area contributed by atoms with Gasteiger partial charge in [0.05, 0.1) is 0 Å². The normalized spacial score (nSPS) is 17.8. The molecule has 1 amide bonds. The van der Waals surface area contributed by atoms with Gasteiger partial charge in [-0.3, -0.25) is 14.5 Å². The molecule has 1 atom stereocenters. The number of aliphatic carboxylic acids is 1. The Labute approximate surface area is 118 Å². The number of benzene rings is 1. The van der Waals surface area contributed by atoms with Crippen LogP contribution in [0.3, 0.4) is 0 Å². The summed E-state index contributed by atoms with van der Waals surface area (Å²) in [6.07, 6.45) is 0. The molecular formula is C15H20N2O3. The van der Waals surface area contributed by atoms with E-state index in [-0.39, 0.29) is 5.91 Å². The van der Waals surface area contributed by atoms with Gasteiger partial charge in [0.1, 0.15) is 6.04 Å². The van der Waals surface area contributed by atoms with Crippen molar-refractivity contribution in [3.63, 3.8) is 0 Å². The molecule has 0 aliphatic carbocycles. The van der Waals surface area contributed by atoms with E-state index in [0.29, 0.717) is 31.7 Å². The maximum Gasteiger partial charge on any atom is 0.320 e. The second-order valence-electron chi connectivity index (χ2n) is 5.21. The first-order chi connectivity index (χ1) is 9.49. The summed E-state index contributed by atoms with van der Waals surface area (Å²) in [5.74, 6) is -0.795. The van der Waals surface area contributed by atoms with Crippen LogP contribution in [0.4, 0.5) is 0 Å². The fraction of sp³-hybridized carbons (Fsp3) is 0.467. The molecule has 2 rings (SSSR count). The minimum Gasteiger partial charge on any atom is -0.480 e. The molecule has 0 unspecified atom stereocenters. The minimum absolute atomic E-state index is 0.0210. The van der Waals surface area contributed by atoms with Gasteiger partial charge in [-0.05, 0) is 26.0 Å². The van der Waals surface area contributed by atoms with Crippen molar-refractivity contribution in [2.75, 3.05) is 26.2 Å². The van der Waals surface area contributed by atoms with Crippen LogP contribution in [-0.4, -0.2) is 59.0 Å². The predicted octanol–water partition coefficient (Wildman–Crippen LogP) is 1.23. The fourth-order valence-electron chi connectivity index (χ4n) is 2.35. The van der Waals surface area contributed by atoms with Crippen LogP contribution in [0.25, 0.3) is 0 Å². The Morgan fingerprint density at radius 1 is 1.10 bits per heavy atom. The van der Waals surface area contributed by atoms with Gasteiger partial charge in [-0.1, -0.05) is 17.7 Å². The number of nitrogens with zero attached hydrogens (tertiary/aromatic N) is 2. The summed E-state index contributed by atoms with van der Waals surface area (Å²) in [6.45, 7) is 6.02. The topological polar surface area (TPSA) is 60.9 Å². The molecule has 0 radical (unpaired) electrons. The van der Waals surface area contributed by atoms with E-state index in [2.05, 4.69) is 0 Å². The standard InChI is InChI=1S/C15H20N2O3/c1-11-3-5-13(6-4-11)14(18)17-9-7-16(8-10-17)12(2)15(19)20/h3-6,12H,7-10H2,1-2H3,(H,19,20)/t12-/m1/s1. The molecule has 0 aromatic heterocycles. The molecule has 0 saturated carbocycles. The van der Waals surface area contributed by atoms with Crippen LogP contribution >= 0.6 is 0 Å². The largest absolute Gasteiger partial charge is 0.480 e. The van der Waals surface area contributed by atoms with Gasteiger partial charge in [0.25, 0.3) is 5.91 Å². The molecule has 1 N–H and O–H groups in total. The van der Waals surface area contributed by atoms with E-state index in [1.807, 2.05) is 36.1 Å². The van der Waals surface area contributed by atoms with Gasteiger partial charge in [0, 0.05) is 31.7 Å². The van der Waals surface area contributed by atoms with Crippen molar-refractivity contribution >= 4 is 11.9 Å². The predicted molar refractivity (Wildman–Crippen MR) is 75.8 cm³/mol. The highest BCUT2D eigenvalue weighted by molar-refractivity contribution is 5.94. The Hall–Kier alpha value is -1.88. The molecule has 1 aliphatic heterocycles. The van der Waals surface area contributed by atoms with Crippen molar-refractivity contribution in [2.45, 2.75) is 19.9 Å². The number of carbonyl (C=O) groups excluding carboxylic acids is 1. The second kappa shape index (κ2) is 6.05. The zero-order chi connectivity index (χ0) is 14.7. The Morgan fingerprint density at radius 3 is 2.15 bits per heavy atom. The molecule has 20 heavy (non-hydrogen) atoms. The van der Waals surface area contributed by atoms with Crippen LogP contribution in [0.2, 0.25) is 0 Å². The Bertz CT molecular complexity index is 490. The summed E-state index contributed by atoms with van der Waals surface area (Å²) in [5, 5.41) is 8.99. The van der Waals surface area contributed by atoms with Crippen molar-refractivity contribution in [1.29, 1.82) is 0 Å². The number of carboxylic acids is 1. The molecule has 1 aliphatic rings. The highest BCUT2D eigenvalue weighted by Gasteiger charge is 2.27. The smallest absolute Gasteiger partial charge is 0.320 e. The van der Waals surface area contributed by atoms with Gasteiger partial charge in [-0.15, -0.1) is 0 Å². The Kier molecular flexibility index (Phi) is 4.39. The van der Waals surface area contributed by atoms with E-state index in [1.54, 1.807) is 11.8 Å². The summed E-state index contributed by atoms with van der Waals surface area (Å²) in [4.78, 5) is 26.9. The number of piperazine rings is 1. The van der Waals surface area contributed by atoms with Crippen LogP contribution < -0.4 is 0 Å². The number of hydrogen-bond acceptors (Lipinski definition) is 3. The molecule has 0 spiro atoms. The molecule has 1 fully saturated rings. The van der Waals surface area contributed by atoms with E-state index in [4.69, 9.17) is 5.11 Å². The third-order valence-corrected chi connectivity index (χ3v) is 3.81. The van der Waals surface area contributed by atoms with Crippen LogP contribution in [-0.2, 0) is 4.79 Å². The zero-order valence-corrected chi connectivity index (χ0v) is 11.9. The van der Waals surface area contributed by atoms with Crippen LogP contribution in [0.5, 0.6) is 0 Å². The number of amides is 1. The lowest BCUT2D eigenvalue weighted by molar-refractivity contribution is -0.143. The van der Waals surface area contributed by atoms with Crippen LogP contribution in [0, 0.1) is 6.92 Å². The Balaban J connectivity index is 1.95. The third-order valence-electron chi connectivity index (χ3n) is 3.81. The van der Waals surface area contributed by atoms with Crippen molar-refractivity contribution in [3.8, 4) is 0 Å². The first kappa shape index (κ1) is 14.5. The molecule has 108 valence electrons. The SMILES string of the molecule is Cc1ccc(C(=O)N2CCN([C@H](C)C(=O)O)CC2)cc1. The van der Waals surface area contributed by atoms with E-state index >= 15 is 0 Å². The molecule has 1 saturated heterocycles. The molecule has 1 heterocycles.